The maximum Gasteiger partial charge on any atom is 0.328 e. The normalized spacial score (nSPS) is 15.0. The van der Waals surface area contributed by atoms with Crippen molar-refractivity contribution in [1.29, 1.82) is 0 Å². The molecule has 43 heavy (non-hydrogen) atoms. The summed E-state index contributed by atoms with van der Waals surface area (Å²) in [7, 11) is 2.94. The number of esters is 1. The first-order valence-corrected chi connectivity index (χ1v) is 15.3. The number of anilines is 1. The topological polar surface area (TPSA) is 121 Å². The Hall–Kier alpha value is -3.80. The minimum atomic E-state index is -0.982. The minimum Gasteiger partial charge on any atom is -0.467 e. The number of likely N-dealkylation sites (N-methyl/N-ethyl adjacent to an activating group) is 1. The number of nitrogens with one attached hydrogen (secondary N) is 2. The van der Waals surface area contributed by atoms with Crippen LogP contribution in [0, 0.1) is 0 Å². The summed E-state index contributed by atoms with van der Waals surface area (Å²) in [5.74, 6) is -0.745. The number of ether oxygens (including phenoxy) is 1. The molecule has 2 N–H and O–H groups in total. The summed E-state index contributed by atoms with van der Waals surface area (Å²) in [5, 5.41) is 5.99. The fraction of sp³-hybridized carbons (Fsp3) is 0.300. The van der Waals surface area contributed by atoms with Gasteiger partial charge in [0.05, 0.1) is 28.6 Å². The molecule has 1 fully saturated rings. The second-order valence-electron chi connectivity index (χ2n) is 9.80. The van der Waals surface area contributed by atoms with Crippen molar-refractivity contribution in [1.82, 2.24) is 20.1 Å². The Balaban J connectivity index is 1.36. The summed E-state index contributed by atoms with van der Waals surface area (Å²) in [5.41, 5.74) is 2.24. The van der Waals surface area contributed by atoms with E-state index < -0.39 is 29.9 Å². The number of halogens is 2. The lowest BCUT2D eigenvalue weighted by Crippen LogP contribution is -2.54. The third-order valence-electron chi connectivity index (χ3n) is 6.83. The van der Waals surface area contributed by atoms with Gasteiger partial charge in [0.15, 0.2) is 0 Å². The highest BCUT2D eigenvalue weighted by Crippen LogP contribution is 2.26. The minimum absolute atomic E-state index is 0.140. The van der Waals surface area contributed by atoms with Gasteiger partial charge >= 0.3 is 12.0 Å². The van der Waals surface area contributed by atoms with Gasteiger partial charge in [-0.3, -0.25) is 14.6 Å². The zero-order chi connectivity index (χ0) is 30.9. The van der Waals surface area contributed by atoms with Gasteiger partial charge in [0.25, 0.3) is 5.91 Å². The molecule has 0 bridgehead atoms. The predicted molar refractivity (Wildman–Crippen MR) is 167 cm³/mol. The molecular weight excluding hydrogens is 613 g/mol. The van der Waals surface area contributed by atoms with E-state index in [4.69, 9.17) is 27.9 Å². The quantitative estimate of drug-likeness (QED) is 0.312. The van der Waals surface area contributed by atoms with Crippen LogP contribution >= 0.6 is 35.0 Å². The van der Waals surface area contributed by atoms with E-state index in [-0.39, 0.29) is 28.1 Å². The SMILES string of the molecule is COC(=O)[C@H](Cc1ccc(NC(=O)c2c(Cl)cccc2Cl)cc1)NC(=O)[C@H]1CSCN1C(=O)N(C)CCc1ccccn1. The highest BCUT2D eigenvalue weighted by molar-refractivity contribution is 7.99. The summed E-state index contributed by atoms with van der Waals surface area (Å²) in [6.07, 6.45) is 2.43. The number of hydrogen-bond acceptors (Lipinski definition) is 7. The Morgan fingerprint density at radius 2 is 1.79 bits per heavy atom. The van der Waals surface area contributed by atoms with E-state index in [2.05, 4.69) is 15.6 Å². The number of amides is 4. The predicted octanol–water partition coefficient (Wildman–Crippen LogP) is 4.51. The van der Waals surface area contributed by atoms with Crippen molar-refractivity contribution in [2.75, 3.05) is 37.6 Å². The van der Waals surface area contributed by atoms with Gasteiger partial charge in [-0.2, -0.15) is 0 Å². The van der Waals surface area contributed by atoms with E-state index in [0.717, 1.165) is 5.69 Å². The van der Waals surface area contributed by atoms with Crippen molar-refractivity contribution in [2.45, 2.75) is 24.9 Å². The molecule has 1 aromatic heterocycles. The van der Waals surface area contributed by atoms with Crippen LogP contribution in [0.25, 0.3) is 0 Å². The number of benzene rings is 2. The number of rotatable bonds is 10. The number of pyridine rings is 1. The van der Waals surface area contributed by atoms with Crippen LogP contribution in [0.5, 0.6) is 0 Å². The van der Waals surface area contributed by atoms with Crippen molar-refractivity contribution in [2.24, 2.45) is 0 Å². The number of carbonyl (C=O) groups excluding carboxylic acids is 4. The fourth-order valence-electron chi connectivity index (χ4n) is 4.46. The van der Waals surface area contributed by atoms with Crippen molar-refractivity contribution < 1.29 is 23.9 Å². The van der Waals surface area contributed by atoms with E-state index in [9.17, 15) is 19.2 Å². The van der Waals surface area contributed by atoms with Crippen LogP contribution in [0.1, 0.15) is 21.6 Å². The van der Waals surface area contributed by atoms with E-state index in [1.807, 2.05) is 18.2 Å². The molecule has 0 radical (unpaired) electrons. The van der Waals surface area contributed by atoms with Crippen LogP contribution < -0.4 is 10.6 Å². The van der Waals surface area contributed by atoms with Gasteiger partial charge in [0.2, 0.25) is 5.91 Å². The van der Waals surface area contributed by atoms with Crippen LogP contribution in [0.2, 0.25) is 10.0 Å². The molecule has 4 rings (SSSR count). The first-order valence-electron chi connectivity index (χ1n) is 13.4. The number of urea groups is 1. The van der Waals surface area contributed by atoms with Crippen LogP contribution in [0.3, 0.4) is 0 Å². The Morgan fingerprint density at radius 3 is 2.44 bits per heavy atom. The molecule has 1 aliphatic rings. The fourth-order valence-corrected chi connectivity index (χ4v) is 6.18. The Bertz CT molecular complexity index is 1440. The van der Waals surface area contributed by atoms with E-state index in [1.54, 1.807) is 60.6 Å². The van der Waals surface area contributed by atoms with Crippen LogP contribution in [-0.2, 0) is 27.2 Å². The summed E-state index contributed by atoms with van der Waals surface area (Å²) < 4.78 is 4.95. The number of carbonyl (C=O) groups is 4. The Kier molecular flexibility index (Phi) is 11.3. The maximum atomic E-state index is 13.3. The van der Waals surface area contributed by atoms with E-state index in [1.165, 1.54) is 23.8 Å². The number of methoxy groups -OCH3 is 1. The smallest absolute Gasteiger partial charge is 0.328 e. The first-order chi connectivity index (χ1) is 20.7. The zero-order valence-corrected chi connectivity index (χ0v) is 25.9. The molecule has 226 valence electrons. The second-order valence-corrected chi connectivity index (χ2v) is 11.6. The lowest BCUT2D eigenvalue weighted by molar-refractivity contribution is -0.145. The molecule has 13 heteroatoms. The molecule has 0 spiro atoms. The van der Waals surface area contributed by atoms with Crippen molar-refractivity contribution in [3.8, 4) is 0 Å². The molecule has 0 unspecified atom stereocenters. The highest BCUT2D eigenvalue weighted by atomic mass is 35.5. The summed E-state index contributed by atoms with van der Waals surface area (Å²) in [4.78, 5) is 59.2. The molecule has 0 saturated carbocycles. The van der Waals surface area contributed by atoms with Gasteiger partial charge in [-0.25, -0.2) is 9.59 Å². The lowest BCUT2D eigenvalue weighted by Gasteiger charge is -2.29. The maximum absolute atomic E-state index is 13.3. The van der Waals surface area contributed by atoms with Crippen molar-refractivity contribution in [3.05, 3.63) is 93.7 Å². The van der Waals surface area contributed by atoms with Gasteiger partial charge in [0.1, 0.15) is 12.1 Å². The van der Waals surface area contributed by atoms with Gasteiger partial charge in [0, 0.05) is 49.8 Å². The Morgan fingerprint density at radius 1 is 1.07 bits per heavy atom. The van der Waals surface area contributed by atoms with Gasteiger partial charge in [-0.1, -0.05) is 47.5 Å². The first kappa shape index (κ1) is 32.1. The van der Waals surface area contributed by atoms with Gasteiger partial charge < -0.3 is 25.2 Å². The Labute approximate surface area is 264 Å². The molecule has 3 aromatic rings. The lowest BCUT2D eigenvalue weighted by atomic mass is 10.0. The standard InChI is InChI=1S/C30H31Cl2N5O5S/c1-36(15-13-20-6-3-4-14-33-20)30(41)37-18-43-17-25(37)27(38)35-24(29(40)42-2)16-19-9-11-21(12-10-19)34-28(39)26-22(31)7-5-8-23(26)32/h3-12,14,24-25H,13,15-18H2,1-2H3,(H,34,39)(H,35,38)/t24-,25+/m0/s1. The van der Waals surface area contributed by atoms with Crippen LogP contribution in [0.4, 0.5) is 10.5 Å². The third-order valence-corrected chi connectivity index (χ3v) is 8.47. The second kappa shape index (κ2) is 15.1. The van der Waals surface area contributed by atoms with Crippen LogP contribution in [0.15, 0.2) is 66.9 Å². The number of nitrogens with zero attached hydrogens (tertiary/aromatic N) is 3. The van der Waals surface area contributed by atoms with Crippen molar-refractivity contribution in [3.63, 3.8) is 0 Å². The number of thioether (sulfide) groups is 1. The summed E-state index contributed by atoms with van der Waals surface area (Å²) in [6.45, 7) is 0.442. The average molecular weight is 645 g/mol. The monoisotopic (exact) mass is 643 g/mol. The van der Waals surface area contributed by atoms with E-state index in [0.29, 0.717) is 35.8 Å². The molecule has 2 atom stereocenters. The molecule has 4 amide bonds. The molecule has 1 saturated heterocycles. The number of aromatic nitrogens is 1. The van der Waals surface area contributed by atoms with Gasteiger partial charge in [-0.15, -0.1) is 11.8 Å². The molecule has 10 nitrogen and oxygen atoms in total. The third kappa shape index (κ3) is 8.40. The highest BCUT2D eigenvalue weighted by Gasteiger charge is 2.37. The summed E-state index contributed by atoms with van der Waals surface area (Å²) in [6, 6.07) is 15.2. The number of hydrogen-bond donors (Lipinski definition) is 2. The van der Waals surface area contributed by atoms with Gasteiger partial charge in [-0.05, 0) is 42.0 Å². The molecule has 2 aromatic carbocycles. The average Bonchev–Trinajstić information content (AvgIpc) is 3.50. The zero-order valence-electron chi connectivity index (χ0n) is 23.6. The van der Waals surface area contributed by atoms with E-state index >= 15 is 0 Å². The van der Waals surface area contributed by atoms with Crippen molar-refractivity contribution >= 4 is 64.5 Å². The largest absolute Gasteiger partial charge is 0.467 e. The molecule has 0 aliphatic carbocycles. The molecule has 1 aliphatic heterocycles. The summed E-state index contributed by atoms with van der Waals surface area (Å²) >= 11 is 13.7. The van der Waals surface area contributed by atoms with Crippen LogP contribution in [-0.4, -0.2) is 83.0 Å². The molecule has 2 heterocycles. The molecular formula is C30H31Cl2N5O5S.